The Morgan fingerprint density at radius 2 is 1.12 bits per heavy atom. The summed E-state index contributed by atoms with van der Waals surface area (Å²) in [6.45, 7) is 7.71. The van der Waals surface area contributed by atoms with E-state index in [-0.39, 0.29) is 22.3 Å². The standard InChI is InChI=1S/C28H32O4/c1-15-5-23(17(3)21(12-29)25(15)31)27-8-19-7-20(9-27)11-28(10-19,14-27)24-6-16(2)26(32)22(13-30)18(24)4/h5-6,12-13,19-20,31-32H,7-11,14H2,1-4H3. The van der Waals surface area contributed by atoms with Crippen molar-refractivity contribution in [2.75, 3.05) is 0 Å². The number of rotatable bonds is 4. The van der Waals surface area contributed by atoms with E-state index in [9.17, 15) is 19.8 Å². The molecular weight excluding hydrogens is 400 g/mol. The number of phenols is 2. The summed E-state index contributed by atoms with van der Waals surface area (Å²) in [6.07, 6.45) is 8.28. The summed E-state index contributed by atoms with van der Waals surface area (Å²) in [5.41, 5.74) is 6.58. The lowest BCUT2D eigenvalue weighted by Gasteiger charge is -2.63. The van der Waals surface area contributed by atoms with Gasteiger partial charge in [0.05, 0.1) is 11.1 Å². The molecule has 0 atom stereocenters. The molecule has 4 aliphatic rings. The minimum Gasteiger partial charge on any atom is -0.507 e. The lowest BCUT2D eigenvalue weighted by Crippen LogP contribution is -2.56. The maximum Gasteiger partial charge on any atom is 0.154 e. The Bertz CT molecular complexity index is 1060. The van der Waals surface area contributed by atoms with Crippen LogP contribution in [0.5, 0.6) is 11.5 Å². The highest BCUT2D eigenvalue weighted by Gasteiger charge is 2.59. The Morgan fingerprint density at radius 3 is 1.47 bits per heavy atom. The van der Waals surface area contributed by atoms with E-state index in [0.29, 0.717) is 23.0 Å². The highest BCUT2D eigenvalue weighted by atomic mass is 16.3. The van der Waals surface area contributed by atoms with E-state index in [1.807, 2.05) is 27.7 Å². The summed E-state index contributed by atoms with van der Waals surface area (Å²) < 4.78 is 0. The maximum atomic E-state index is 11.8. The molecule has 2 aromatic rings. The SMILES string of the molecule is Cc1cc(C23CC4CC(C2)CC(c2cc(C)c(O)c(C=O)c2C)(C4)C3)c(C)c(C=O)c1O. The zero-order chi connectivity index (χ0) is 23.0. The number of carbonyl (C=O) groups is 2. The Balaban J connectivity index is 1.71. The number of hydrogen-bond donors (Lipinski definition) is 2. The molecule has 4 saturated carbocycles. The molecule has 0 heterocycles. The molecule has 4 heteroatoms. The molecule has 0 spiro atoms. The number of hydrogen-bond acceptors (Lipinski definition) is 4. The first-order valence-corrected chi connectivity index (χ1v) is 11.7. The molecular formula is C28H32O4. The van der Waals surface area contributed by atoms with Gasteiger partial charge in [0.25, 0.3) is 0 Å². The largest absolute Gasteiger partial charge is 0.507 e. The van der Waals surface area contributed by atoms with E-state index in [1.54, 1.807) is 0 Å². The van der Waals surface area contributed by atoms with Gasteiger partial charge in [-0.05, 0) is 122 Å². The van der Waals surface area contributed by atoms with Gasteiger partial charge in [0.1, 0.15) is 11.5 Å². The van der Waals surface area contributed by atoms with Crippen LogP contribution in [0.4, 0.5) is 0 Å². The van der Waals surface area contributed by atoms with E-state index in [1.165, 1.54) is 17.5 Å². The smallest absolute Gasteiger partial charge is 0.154 e. The van der Waals surface area contributed by atoms with Crippen LogP contribution in [0, 0.1) is 39.5 Å². The fraction of sp³-hybridized carbons (Fsp3) is 0.500. The molecule has 4 aliphatic carbocycles. The average Bonchev–Trinajstić information content (AvgIpc) is 2.73. The zero-order valence-corrected chi connectivity index (χ0v) is 19.4. The van der Waals surface area contributed by atoms with Crippen molar-refractivity contribution in [1.82, 2.24) is 0 Å². The van der Waals surface area contributed by atoms with Crippen molar-refractivity contribution in [3.63, 3.8) is 0 Å². The Hall–Kier alpha value is -2.62. The normalized spacial score (nSPS) is 30.5. The van der Waals surface area contributed by atoms with Crippen LogP contribution in [0.2, 0.25) is 0 Å². The summed E-state index contributed by atoms with van der Waals surface area (Å²) in [5, 5.41) is 21.0. The van der Waals surface area contributed by atoms with Gasteiger partial charge in [0.15, 0.2) is 12.6 Å². The van der Waals surface area contributed by atoms with Crippen LogP contribution in [0.1, 0.15) is 92.6 Å². The Labute approximate surface area is 189 Å². The van der Waals surface area contributed by atoms with Crippen molar-refractivity contribution < 1.29 is 19.8 Å². The number of benzene rings is 2. The molecule has 2 aromatic carbocycles. The highest BCUT2D eigenvalue weighted by Crippen LogP contribution is 2.67. The summed E-state index contributed by atoms with van der Waals surface area (Å²) in [7, 11) is 0. The fourth-order valence-corrected chi connectivity index (χ4v) is 8.14. The van der Waals surface area contributed by atoms with Crippen LogP contribution < -0.4 is 0 Å². The van der Waals surface area contributed by atoms with Gasteiger partial charge in [-0.3, -0.25) is 9.59 Å². The van der Waals surface area contributed by atoms with Gasteiger partial charge in [-0.25, -0.2) is 0 Å². The lowest BCUT2D eigenvalue weighted by atomic mass is 9.41. The number of aryl methyl sites for hydroxylation is 2. The molecule has 4 fully saturated rings. The fourth-order valence-electron chi connectivity index (χ4n) is 8.14. The first-order chi connectivity index (χ1) is 15.1. The van der Waals surface area contributed by atoms with Crippen LogP contribution in [-0.4, -0.2) is 22.8 Å². The first-order valence-electron chi connectivity index (χ1n) is 11.7. The van der Waals surface area contributed by atoms with Gasteiger partial charge in [0, 0.05) is 0 Å². The van der Waals surface area contributed by atoms with Gasteiger partial charge in [-0.1, -0.05) is 12.1 Å². The van der Waals surface area contributed by atoms with Crippen LogP contribution in [0.15, 0.2) is 12.1 Å². The summed E-state index contributed by atoms with van der Waals surface area (Å²) >= 11 is 0. The van der Waals surface area contributed by atoms with E-state index in [4.69, 9.17) is 0 Å². The van der Waals surface area contributed by atoms with Gasteiger partial charge in [0.2, 0.25) is 0 Å². The average molecular weight is 433 g/mol. The highest BCUT2D eigenvalue weighted by molar-refractivity contribution is 5.84. The minimum atomic E-state index is -0.0238. The van der Waals surface area contributed by atoms with Crippen LogP contribution in [0.3, 0.4) is 0 Å². The molecule has 0 unspecified atom stereocenters. The van der Waals surface area contributed by atoms with Crippen LogP contribution in [-0.2, 0) is 10.8 Å². The van der Waals surface area contributed by atoms with Crippen LogP contribution in [0.25, 0.3) is 0 Å². The maximum absolute atomic E-state index is 11.8. The molecule has 0 amide bonds. The molecule has 168 valence electrons. The van der Waals surface area contributed by atoms with Crippen molar-refractivity contribution >= 4 is 12.6 Å². The van der Waals surface area contributed by atoms with Crippen LogP contribution >= 0.6 is 0 Å². The second-order valence-corrected chi connectivity index (χ2v) is 11.0. The van der Waals surface area contributed by atoms with Crippen molar-refractivity contribution in [2.45, 2.75) is 77.0 Å². The van der Waals surface area contributed by atoms with Gasteiger partial charge in [-0.15, -0.1) is 0 Å². The molecule has 0 aliphatic heterocycles. The number of aldehydes is 2. The molecule has 32 heavy (non-hydrogen) atoms. The quantitative estimate of drug-likeness (QED) is 0.604. The zero-order valence-electron chi connectivity index (χ0n) is 19.4. The summed E-state index contributed by atoms with van der Waals surface area (Å²) in [6, 6.07) is 4.23. The van der Waals surface area contributed by atoms with Gasteiger partial charge >= 0.3 is 0 Å². The van der Waals surface area contributed by atoms with Gasteiger partial charge < -0.3 is 10.2 Å². The van der Waals surface area contributed by atoms with Crippen molar-refractivity contribution in [3.8, 4) is 11.5 Å². The molecule has 0 saturated heterocycles. The van der Waals surface area contributed by atoms with Gasteiger partial charge in [-0.2, -0.15) is 0 Å². The summed E-state index contributed by atoms with van der Waals surface area (Å²) in [5.74, 6) is 1.41. The lowest BCUT2D eigenvalue weighted by molar-refractivity contribution is -0.0287. The summed E-state index contributed by atoms with van der Waals surface area (Å²) in [4.78, 5) is 23.7. The molecule has 2 N–H and O–H groups in total. The monoisotopic (exact) mass is 432 g/mol. The Morgan fingerprint density at radius 1 is 0.750 bits per heavy atom. The second kappa shape index (κ2) is 6.94. The third-order valence-corrected chi connectivity index (χ3v) is 9.03. The predicted molar refractivity (Wildman–Crippen MR) is 124 cm³/mol. The molecule has 4 bridgehead atoms. The molecule has 0 radical (unpaired) electrons. The number of phenolic OH excluding ortho intramolecular Hbond substituents is 2. The molecule has 0 aromatic heterocycles. The molecule has 6 rings (SSSR count). The number of carbonyl (C=O) groups excluding carboxylic acids is 2. The van der Waals surface area contributed by atoms with Crippen molar-refractivity contribution in [3.05, 3.63) is 56.6 Å². The second-order valence-electron chi connectivity index (χ2n) is 11.0. The van der Waals surface area contributed by atoms with E-state index >= 15 is 0 Å². The molecule has 4 nitrogen and oxygen atoms in total. The van der Waals surface area contributed by atoms with E-state index in [0.717, 1.165) is 66.9 Å². The first kappa shape index (κ1) is 21.2. The predicted octanol–water partition coefficient (Wildman–Crippen LogP) is 5.75. The Kier molecular flexibility index (Phi) is 4.60. The topological polar surface area (TPSA) is 74.6 Å². The van der Waals surface area contributed by atoms with Crippen molar-refractivity contribution in [2.24, 2.45) is 11.8 Å². The number of aromatic hydroxyl groups is 2. The minimum absolute atomic E-state index is 0.0238. The van der Waals surface area contributed by atoms with Crippen molar-refractivity contribution in [1.29, 1.82) is 0 Å². The van der Waals surface area contributed by atoms with E-state index in [2.05, 4.69) is 12.1 Å². The van der Waals surface area contributed by atoms with E-state index < -0.39 is 0 Å². The third-order valence-electron chi connectivity index (χ3n) is 9.03. The third kappa shape index (κ3) is 2.74.